The number of carbonyl (C=O) groups excluding carboxylic acids is 2. The van der Waals surface area contributed by atoms with Gasteiger partial charge in [0.2, 0.25) is 5.12 Å². The minimum absolute atomic E-state index is 0.0358. The number of aromatic nitrogens is 2. The molecule has 0 bridgehead atoms. The first-order chi connectivity index (χ1) is 44.7. The molecular formula is C88H132N2O6S2. The number of hydrogen-bond acceptors (Lipinski definition) is 10. The van der Waals surface area contributed by atoms with Crippen molar-refractivity contribution in [3.8, 4) is 0 Å². The van der Waals surface area contributed by atoms with Crippen LogP contribution in [-0.4, -0.2) is 57.5 Å². The van der Waals surface area contributed by atoms with Crippen LogP contribution < -0.4 is 0 Å². The molecule has 6 rings (SSSR count). The molecule has 0 N–H and O–H groups in total. The third kappa shape index (κ3) is 38.9. The van der Waals surface area contributed by atoms with Crippen molar-refractivity contribution in [2.45, 2.75) is 263 Å². The van der Waals surface area contributed by atoms with E-state index in [1.165, 1.54) is 50.7 Å². The molecule has 0 amide bonds. The van der Waals surface area contributed by atoms with Gasteiger partial charge in [-0.05, 0) is 135 Å². The van der Waals surface area contributed by atoms with Gasteiger partial charge in [0, 0.05) is 69.8 Å². The molecule has 0 radical (unpaired) electrons. The Morgan fingerprint density at radius 2 is 0.776 bits per heavy atom. The number of thioether (sulfide) groups is 2. The van der Waals surface area contributed by atoms with Crippen LogP contribution in [0, 0.1) is 16.2 Å². The molecule has 0 spiro atoms. The minimum Gasteiger partial charge on any atom is -0.501 e. The second-order valence-electron chi connectivity index (χ2n) is 34.9. The zero-order valence-corrected chi connectivity index (χ0v) is 68.6. The number of nitrogens with zero attached hydrogens (tertiary/aromatic N) is 2. The van der Waals surface area contributed by atoms with Crippen molar-refractivity contribution in [2.24, 2.45) is 16.2 Å². The molecule has 4 aromatic carbocycles. The van der Waals surface area contributed by atoms with Crippen LogP contribution in [0.2, 0.25) is 0 Å². The van der Waals surface area contributed by atoms with Crippen LogP contribution in [0.25, 0.3) is 0 Å². The highest BCUT2D eigenvalue weighted by molar-refractivity contribution is 8.15. The number of methoxy groups -OCH3 is 3. The molecule has 8 nitrogen and oxygen atoms in total. The van der Waals surface area contributed by atoms with E-state index >= 15 is 0 Å². The quantitative estimate of drug-likeness (QED) is 0.0688. The molecule has 6 aromatic rings. The summed E-state index contributed by atoms with van der Waals surface area (Å²) >= 11 is 3.44. The number of hydrogen-bond donors (Lipinski definition) is 0. The molecule has 2 aromatic heterocycles. The van der Waals surface area contributed by atoms with Crippen LogP contribution in [-0.2, 0) is 79.5 Å². The molecule has 0 atom stereocenters. The van der Waals surface area contributed by atoms with Gasteiger partial charge < -0.3 is 18.9 Å². The Kier molecular flexibility index (Phi) is 36.2. The summed E-state index contributed by atoms with van der Waals surface area (Å²) in [6, 6.07) is 39.1. The lowest BCUT2D eigenvalue weighted by atomic mass is 9.83. The Bertz CT molecular complexity index is 3170. The van der Waals surface area contributed by atoms with Crippen molar-refractivity contribution in [3.05, 3.63) is 238 Å². The van der Waals surface area contributed by atoms with E-state index < -0.39 is 5.60 Å². The Labute approximate surface area is 607 Å². The maximum atomic E-state index is 12.3. The molecule has 0 aliphatic carbocycles. The molecule has 0 saturated carbocycles. The van der Waals surface area contributed by atoms with Gasteiger partial charge in [0.1, 0.15) is 5.60 Å². The van der Waals surface area contributed by atoms with Crippen molar-refractivity contribution in [3.63, 3.8) is 0 Å². The average Bonchev–Trinajstić information content (AvgIpc) is 0.876. The van der Waals surface area contributed by atoms with Crippen LogP contribution in [0.15, 0.2) is 171 Å². The lowest BCUT2D eigenvalue weighted by Crippen LogP contribution is -2.25. The van der Waals surface area contributed by atoms with Crippen LogP contribution in [0.3, 0.4) is 0 Å². The summed E-state index contributed by atoms with van der Waals surface area (Å²) in [7, 11) is 4.97. The fourth-order valence-electron chi connectivity index (χ4n) is 10.1. The fourth-order valence-corrected chi connectivity index (χ4v) is 11.8. The largest absolute Gasteiger partial charge is 0.501 e. The smallest absolute Gasteiger partial charge is 0.338 e. The molecule has 542 valence electrons. The van der Waals surface area contributed by atoms with Crippen LogP contribution in [0.5, 0.6) is 0 Å². The number of allylic oxidation sites excluding steroid dienone is 3. The highest BCUT2D eigenvalue weighted by Gasteiger charge is 2.26. The highest BCUT2D eigenvalue weighted by Crippen LogP contribution is 2.34. The summed E-state index contributed by atoms with van der Waals surface area (Å²) < 4.78 is 21.1. The second kappa shape index (κ2) is 39.6. The summed E-state index contributed by atoms with van der Waals surface area (Å²) in [5.41, 5.74) is 14.8. The van der Waals surface area contributed by atoms with Gasteiger partial charge in [0.05, 0.1) is 44.2 Å². The monoisotopic (exact) mass is 1380 g/mol. The van der Waals surface area contributed by atoms with E-state index in [-0.39, 0.29) is 42.9 Å². The number of benzene rings is 4. The van der Waals surface area contributed by atoms with Crippen molar-refractivity contribution < 1.29 is 28.5 Å². The Morgan fingerprint density at radius 3 is 1.19 bits per heavy atom. The molecule has 98 heavy (non-hydrogen) atoms. The first-order valence-corrected chi connectivity index (χ1v) is 36.4. The minimum atomic E-state index is -0.452. The zero-order chi connectivity index (χ0) is 75.5. The van der Waals surface area contributed by atoms with Crippen LogP contribution in [0.4, 0.5) is 0 Å². The van der Waals surface area contributed by atoms with Gasteiger partial charge in [-0.1, -0.05) is 295 Å². The third-order valence-corrected chi connectivity index (χ3v) is 16.7. The molecule has 0 unspecified atom stereocenters. The van der Waals surface area contributed by atoms with Crippen molar-refractivity contribution >= 4 is 34.6 Å². The van der Waals surface area contributed by atoms with E-state index in [0.717, 1.165) is 83.9 Å². The Morgan fingerprint density at radius 1 is 0.398 bits per heavy atom. The SMILES string of the molecule is C=C(Cc1ccccc1C(C)(C)C)OC.C=C(Cc1cccnc1C(C)(C)C)OC.C=C(Cc1ccncc1C(C)(C)C)OC.CC(C)(C)Cc1ccccc1C(=O)OC(C)(C)C.CC(C)(C)Cc1ccccc1C(=O)SC(C)(C)C.CC(C)(C)Cc1ccccc1CSC(C)(C)C. The third-order valence-electron chi connectivity index (χ3n) is 14.4. The summed E-state index contributed by atoms with van der Waals surface area (Å²) in [5.74, 6) is 3.25. The number of esters is 1. The first kappa shape index (κ1) is 89.7. The van der Waals surface area contributed by atoms with Gasteiger partial charge >= 0.3 is 5.97 Å². The maximum absolute atomic E-state index is 12.3. The van der Waals surface area contributed by atoms with E-state index in [9.17, 15) is 9.59 Å². The predicted octanol–water partition coefficient (Wildman–Crippen LogP) is 24.3. The fraction of sp³-hybridized carbons (Fsp3) is 0.523. The molecule has 0 aliphatic heterocycles. The zero-order valence-electron chi connectivity index (χ0n) is 66.9. The van der Waals surface area contributed by atoms with Gasteiger partial charge in [-0.2, -0.15) is 11.8 Å². The van der Waals surface area contributed by atoms with E-state index in [1.54, 1.807) is 21.3 Å². The van der Waals surface area contributed by atoms with E-state index in [1.807, 2.05) is 106 Å². The summed E-state index contributed by atoms with van der Waals surface area (Å²) in [4.78, 5) is 33.1. The van der Waals surface area contributed by atoms with E-state index in [2.05, 4.69) is 257 Å². The van der Waals surface area contributed by atoms with Crippen LogP contribution in [0.1, 0.15) is 263 Å². The molecule has 0 aliphatic rings. The number of rotatable bonds is 16. The molecule has 0 saturated heterocycles. The predicted molar refractivity (Wildman–Crippen MR) is 427 cm³/mol. The number of pyridine rings is 2. The Balaban J connectivity index is 0.000000589. The van der Waals surface area contributed by atoms with E-state index in [0.29, 0.717) is 15.7 Å². The summed E-state index contributed by atoms with van der Waals surface area (Å²) in [5, 5.41) is 0.183. The Hall–Kier alpha value is -6.36. The molecule has 2 heterocycles. The molecular weight excluding hydrogens is 1250 g/mol. The number of ether oxygens (including phenoxy) is 4. The van der Waals surface area contributed by atoms with Gasteiger partial charge in [0.15, 0.2) is 0 Å². The van der Waals surface area contributed by atoms with Gasteiger partial charge in [-0.15, -0.1) is 0 Å². The topological polar surface area (TPSA) is 96.8 Å². The average molecular weight is 1380 g/mol. The van der Waals surface area contributed by atoms with E-state index in [4.69, 9.17) is 18.9 Å². The van der Waals surface area contributed by atoms with Gasteiger partial charge in [-0.3, -0.25) is 14.8 Å². The van der Waals surface area contributed by atoms with Crippen molar-refractivity contribution in [2.75, 3.05) is 21.3 Å². The van der Waals surface area contributed by atoms with Gasteiger partial charge in [0.25, 0.3) is 0 Å². The lowest BCUT2D eigenvalue weighted by molar-refractivity contribution is 0.00677. The highest BCUT2D eigenvalue weighted by atomic mass is 32.2. The van der Waals surface area contributed by atoms with Crippen molar-refractivity contribution in [1.82, 2.24) is 9.97 Å². The lowest BCUT2D eigenvalue weighted by Gasteiger charge is -2.23. The standard InChI is InChI=1S/C16H24O2.C16H24OS.C16H26S.C14H20O.2C13H19NO/c2*1-15(2,3)11-12-9-7-8-10-13(12)14(17)18-16(4,5)6;1-15(2,3)11-13-9-7-8-10-14(13)12-17-16(4,5)6;1-11(15-5)10-12-8-6-7-9-13(12)14(2,3)4;1-10(15-5)8-11-6-7-14-9-12(11)13(2,3)4;1-10(15-5)9-11-7-6-8-14-12(11)13(2,3)4/h2*7-10H,11H2,1-6H3;7-10H,11-12H2,1-6H3;6-9H,1,10H2,2-5H3;6-7,9H,1,8H2,2-5H3;6-8H,1,9H2,2-5H3. The summed E-state index contributed by atoms with van der Waals surface area (Å²) in [6.07, 6.45) is 10.8. The molecule has 0 fully saturated rings. The number of carbonyl (C=O) groups is 2. The summed E-state index contributed by atoms with van der Waals surface area (Å²) in [6.45, 7) is 70.0. The second-order valence-corrected chi connectivity index (χ2v) is 38.5. The normalized spacial score (nSPS) is 11.9. The maximum Gasteiger partial charge on any atom is 0.338 e. The molecule has 10 heteroatoms. The van der Waals surface area contributed by atoms with Crippen molar-refractivity contribution in [1.29, 1.82) is 0 Å². The van der Waals surface area contributed by atoms with Gasteiger partial charge in [-0.25, -0.2) is 4.79 Å². The van der Waals surface area contributed by atoms with Crippen LogP contribution >= 0.6 is 23.5 Å². The first-order valence-electron chi connectivity index (χ1n) is 34.6.